The number of amides is 2. The Balaban J connectivity index is 3.55. The van der Waals surface area contributed by atoms with Crippen molar-refractivity contribution in [3.8, 4) is 0 Å². The normalized spacial score (nSPS) is 8.00. The summed E-state index contributed by atoms with van der Waals surface area (Å²) in [5.41, 5.74) is 4.55. The zero-order valence-corrected chi connectivity index (χ0v) is 5.70. The number of carbonyl (C=O) groups is 1. The van der Waals surface area contributed by atoms with E-state index in [0.29, 0.717) is 12.1 Å². The van der Waals surface area contributed by atoms with Crippen molar-refractivity contribution in [2.45, 2.75) is 0 Å². The fourth-order valence-electron chi connectivity index (χ4n) is 0.0940. The van der Waals surface area contributed by atoms with Gasteiger partial charge in [0.15, 0.2) is 0 Å². The lowest BCUT2D eigenvalue weighted by Gasteiger charge is -1.86. The summed E-state index contributed by atoms with van der Waals surface area (Å²) in [5.74, 6) is 0. The maximum atomic E-state index is 9.81. The van der Waals surface area contributed by atoms with Crippen LogP contribution in [0, 0.1) is 0 Å². The van der Waals surface area contributed by atoms with Gasteiger partial charge < -0.3 is 5.73 Å². The van der Waals surface area contributed by atoms with Gasteiger partial charge in [0.1, 0.15) is 12.1 Å². The van der Waals surface area contributed by atoms with Gasteiger partial charge in [-0.2, -0.15) is 8.42 Å². The number of primary amides is 1. The van der Waals surface area contributed by atoms with Crippen molar-refractivity contribution < 1.29 is 13.2 Å². The van der Waals surface area contributed by atoms with E-state index in [2.05, 4.69) is 9.50 Å². The Morgan fingerprint density at radius 2 is 2.22 bits per heavy atom. The van der Waals surface area contributed by atoms with Crippen molar-refractivity contribution in [1.29, 1.82) is 0 Å². The minimum atomic E-state index is -2.51. The van der Waals surface area contributed by atoms with E-state index in [9.17, 15) is 13.2 Å². The molecule has 52 valence electrons. The molecule has 0 aliphatic carbocycles. The maximum Gasteiger partial charge on any atom is 0.324 e. The van der Waals surface area contributed by atoms with E-state index >= 15 is 0 Å². The van der Waals surface area contributed by atoms with Gasteiger partial charge in [-0.25, -0.2) is 4.79 Å². The number of nitrogens with two attached hydrogens (primary N) is 1. The van der Waals surface area contributed by atoms with Gasteiger partial charge in [-0.3, -0.25) is 4.72 Å². The minimum absolute atomic E-state index is 0.357. The predicted molar refractivity (Wildman–Crippen MR) is 31.7 cm³/mol. The zero-order chi connectivity index (χ0) is 7.28. The zero-order valence-electron chi connectivity index (χ0n) is 4.07. The predicted octanol–water partition coefficient (Wildman–Crippen LogP) is -0.719. The lowest BCUT2D eigenvalue weighted by molar-refractivity contribution is 0.254. The van der Waals surface area contributed by atoms with Gasteiger partial charge >= 0.3 is 16.5 Å². The Hall–Kier alpha value is -0.760. The van der Waals surface area contributed by atoms with Gasteiger partial charge in [0.25, 0.3) is 0 Å². The van der Waals surface area contributed by atoms with Crippen LogP contribution < -0.4 is 10.5 Å². The van der Waals surface area contributed by atoms with Crippen molar-refractivity contribution in [3.05, 3.63) is 0 Å². The van der Waals surface area contributed by atoms with Gasteiger partial charge in [0.2, 0.25) is 0 Å². The molecule has 0 fully saturated rings. The largest absolute Gasteiger partial charge is 0.351 e. The first-order valence-electron chi connectivity index (χ1n) is 1.65. The smallest absolute Gasteiger partial charge is 0.324 e. The topological polar surface area (TPSA) is 102 Å². The van der Waals surface area contributed by atoms with Crippen LogP contribution in [0.25, 0.3) is 0 Å². The van der Waals surface area contributed by atoms with Gasteiger partial charge in [0, 0.05) is 0 Å². The Bertz CT molecular complexity index is 209. The summed E-state index contributed by atoms with van der Waals surface area (Å²) in [5, 5.41) is 0. The number of urea groups is 1. The summed E-state index contributed by atoms with van der Waals surface area (Å²) in [7, 11) is -2.51. The van der Waals surface area contributed by atoms with Crippen molar-refractivity contribution >= 4 is 28.7 Å². The molecule has 0 saturated carbocycles. The molecule has 0 aromatic heterocycles. The van der Waals surface area contributed by atoms with Crippen LogP contribution >= 0.6 is 12.1 Å². The second-order valence-electron chi connectivity index (χ2n) is 0.849. The van der Waals surface area contributed by atoms with Crippen LogP contribution in [-0.2, 0) is 10.5 Å². The lowest BCUT2D eigenvalue weighted by atomic mass is 11.2. The summed E-state index contributed by atoms with van der Waals surface area (Å²) in [4.78, 5) is 9.81. The fraction of sp³-hybridized carbons (Fsp3) is 0. The number of rotatable bonds is 2. The summed E-state index contributed by atoms with van der Waals surface area (Å²) in [6.07, 6.45) is 0. The summed E-state index contributed by atoms with van der Waals surface area (Å²) in [6.45, 7) is 0. The Kier molecular flexibility index (Phi) is 3.80. The van der Waals surface area contributed by atoms with E-state index in [-0.39, 0.29) is 0 Å². The highest BCUT2D eigenvalue weighted by Crippen LogP contribution is 1.90. The lowest BCUT2D eigenvalue weighted by Crippen LogP contribution is -2.22. The molecule has 0 aliphatic heterocycles. The molecule has 0 aromatic carbocycles. The van der Waals surface area contributed by atoms with Crippen LogP contribution in [0.5, 0.6) is 0 Å². The molecule has 0 aromatic rings. The standard InChI is InChI=1S/CH3N3O3S2/c2-1(5)3-8-4-9(6)7/h(H3,2,3,5). The summed E-state index contributed by atoms with van der Waals surface area (Å²) >= 11 is 0.357. The highest BCUT2D eigenvalue weighted by atomic mass is 32.2. The highest BCUT2D eigenvalue weighted by Gasteiger charge is 1.86. The molecular weight excluding hydrogens is 166 g/mol. The van der Waals surface area contributed by atoms with E-state index in [1.165, 1.54) is 0 Å². The van der Waals surface area contributed by atoms with Crippen LogP contribution in [0.1, 0.15) is 0 Å². The summed E-state index contributed by atoms with van der Waals surface area (Å²) in [6, 6.07) is -0.839. The van der Waals surface area contributed by atoms with E-state index in [1.807, 2.05) is 4.72 Å². The molecule has 0 aliphatic rings. The average molecular weight is 169 g/mol. The molecule has 8 heteroatoms. The average Bonchev–Trinajstić information content (AvgIpc) is 1.63. The van der Waals surface area contributed by atoms with Crippen molar-refractivity contribution in [2.75, 3.05) is 0 Å². The molecule has 9 heavy (non-hydrogen) atoms. The minimum Gasteiger partial charge on any atom is -0.351 e. The second kappa shape index (κ2) is 4.15. The first-order valence-corrected chi connectivity index (χ1v) is 3.45. The van der Waals surface area contributed by atoms with E-state index in [1.54, 1.807) is 0 Å². The molecule has 0 spiro atoms. The first-order chi connectivity index (χ1) is 4.13. The fourth-order valence-corrected chi connectivity index (χ4v) is 0.577. The Morgan fingerprint density at radius 1 is 1.67 bits per heavy atom. The SMILES string of the molecule is NC(=O)NSN=S(=O)=O. The first kappa shape index (κ1) is 8.24. The van der Waals surface area contributed by atoms with Gasteiger partial charge in [-0.1, -0.05) is 3.77 Å². The van der Waals surface area contributed by atoms with Crippen molar-refractivity contribution in [2.24, 2.45) is 9.50 Å². The van der Waals surface area contributed by atoms with E-state index < -0.39 is 16.5 Å². The number of nitrogens with one attached hydrogen (secondary N) is 1. The number of hydrogen-bond acceptors (Lipinski definition) is 5. The Labute approximate surface area is 56.8 Å². The van der Waals surface area contributed by atoms with Crippen molar-refractivity contribution in [3.63, 3.8) is 0 Å². The molecule has 3 N–H and O–H groups in total. The van der Waals surface area contributed by atoms with Crippen LogP contribution in [-0.4, -0.2) is 14.4 Å². The molecule has 0 saturated heterocycles. The van der Waals surface area contributed by atoms with Crippen LogP contribution in [0.2, 0.25) is 0 Å². The number of nitrogens with zero attached hydrogens (tertiary/aromatic N) is 1. The molecule has 0 atom stereocenters. The monoisotopic (exact) mass is 169 g/mol. The quantitative estimate of drug-likeness (QED) is 0.532. The van der Waals surface area contributed by atoms with Crippen LogP contribution in [0.3, 0.4) is 0 Å². The number of hydrogen-bond donors (Lipinski definition) is 2. The molecule has 0 rings (SSSR count). The van der Waals surface area contributed by atoms with Crippen molar-refractivity contribution in [1.82, 2.24) is 4.72 Å². The third kappa shape index (κ3) is 7.24. The maximum absolute atomic E-state index is 9.81. The van der Waals surface area contributed by atoms with Gasteiger partial charge in [-0.05, 0) is 0 Å². The molecule has 0 bridgehead atoms. The van der Waals surface area contributed by atoms with Gasteiger partial charge in [0.05, 0.1) is 0 Å². The molecule has 0 radical (unpaired) electrons. The summed E-state index contributed by atoms with van der Waals surface area (Å²) < 4.78 is 23.9. The third-order valence-corrected chi connectivity index (χ3v) is 1.32. The number of carbonyl (C=O) groups excluding carboxylic acids is 1. The third-order valence-electron chi connectivity index (χ3n) is 0.244. The molecule has 6 nitrogen and oxygen atoms in total. The van der Waals surface area contributed by atoms with Crippen LogP contribution in [0.4, 0.5) is 4.79 Å². The molecule has 0 heterocycles. The second-order valence-corrected chi connectivity index (χ2v) is 2.27. The highest BCUT2D eigenvalue weighted by molar-refractivity contribution is 8.00. The van der Waals surface area contributed by atoms with Crippen LogP contribution in [0.15, 0.2) is 3.77 Å². The molecule has 2 amide bonds. The Morgan fingerprint density at radius 3 is 2.56 bits per heavy atom. The molecule has 0 unspecified atom stereocenters. The molecular formula is CH3N3O3S2. The van der Waals surface area contributed by atoms with E-state index in [0.717, 1.165) is 0 Å². The van der Waals surface area contributed by atoms with Gasteiger partial charge in [-0.15, -0.1) is 0 Å². The van der Waals surface area contributed by atoms with E-state index in [4.69, 9.17) is 0 Å².